The zero-order valence-corrected chi connectivity index (χ0v) is 17.8. The van der Waals surface area contributed by atoms with Crippen molar-refractivity contribution in [3.8, 4) is 0 Å². The Labute approximate surface area is 163 Å². The molecule has 4 heterocycles. The van der Waals surface area contributed by atoms with Crippen LogP contribution in [0.5, 0.6) is 0 Å². The number of fused-ring (bicyclic) bond motifs is 1. The molecule has 1 saturated heterocycles. The highest BCUT2D eigenvalue weighted by atomic mass is 32.2. The van der Waals surface area contributed by atoms with Gasteiger partial charge >= 0.3 is 0 Å². The van der Waals surface area contributed by atoms with E-state index in [-0.39, 0.29) is 0 Å². The van der Waals surface area contributed by atoms with Crippen LogP contribution in [-0.2, 0) is 16.6 Å². The van der Waals surface area contributed by atoms with E-state index < -0.39 is 10.0 Å². The van der Waals surface area contributed by atoms with Crippen molar-refractivity contribution in [3.05, 3.63) is 34.5 Å². The molecule has 3 aromatic rings. The largest absolute Gasteiger partial charge is 0.292 e. The van der Waals surface area contributed by atoms with E-state index in [1.54, 1.807) is 20.3 Å². The summed E-state index contributed by atoms with van der Waals surface area (Å²) in [5.74, 6) is 1.31. The average molecular weight is 408 g/mol. The fraction of sp³-hybridized carbons (Fsp3) is 0.556. The van der Waals surface area contributed by atoms with Gasteiger partial charge < -0.3 is 0 Å². The van der Waals surface area contributed by atoms with Crippen molar-refractivity contribution in [2.24, 2.45) is 0 Å². The van der Waals surface area contributed by atoms with Gasteiger partial charge in [-0.3, -0.25) is 9.08 Å². The second kappa shape index (κ2) is 6.72. The van der Waals surface area contributed by atoms with Crippen LogP contribution < -0.4 is 0 Å². The molecule has 0 radical (unpaired) electrons. The van der Waals surface area contributed by atoms with E-state index in [1.807, 2.05) is 20.8 Å². The Balaban J connectivity index is 1.55. The van der Waals surface area contributed by atoms with Gasteiger partial charge in [-0.1, -0.05) is 0 Å². The van der Waals surface area contributed by atoms with Gasteiger partial charge in [0.25, 0.3) is 0 Å². The van der Waals surface area contributed by atoms with Crippen molar-refractivity contribution in [1.82, 2.24) is 23.5 Å². The summed E-state index contributed by atoms with van der Waals surface area (Å²) in [6.07, 6.45) is 3.07. The maximum absolute atomic E-state index is 13.1. The number of nitrogens with zero attached hydrogens (tertiary/aromatic N) is 5. The molecule has 1 aliphatic heterocycles. The Morgan fingerprint density at radius 3 is 2.56 bits per heavy atom. The fourth-order valence-electron chi connectivity index (χ4n) is 4.03. The molecule has 4 rings (SSSR count). The zero-order valence-electron chi connectivity index (χ0n) is 16.1. The standard InChI is InChI=1S/C18H25N5O2S2/c1-5-22-13(3)16(10-19-22)27(24,25)21-8-6-15(7-9-21)17-18-23(14(4)20-17)12(2)11-26-18/h10-11,15H,5-9H2,1-4H3. The van der Waals surface area contributed by atoms with Crippen molar-refractivity contribution in [3.63, 3.8) is 0 Å². The van der Waals surface area contributed by atoms with Crippen molar-refractivity contribution < 1.29 is 8.42 Å². The summed E-state index contributed by atoms with van der Waals surface area (Å²) in [6, 6.07) is 0. The predicted molar refractivity (Wildman–Crippen MR) is 106 cm³/mol. The number of aromatic nitrogens is 4. The molecule has 1 fully saturated rings. The quantitative estimate of drug-likeness (QED) is 0.666. The summed E-state index contributed by atoms with van der Waals surface area (Å²) < 4.78 is 31.6. The Morgan fingerprint density at radius 2 is 1.93 bits per heavy atom. The van der Waals surface area contributed by atoms with E-state index in [1.165, 1.54) is 16.7 Å². The lowest BCUT2D eigenvalue weighted by molar-refractivity contribution is 0.318. The lowest BCUT2D eigenvalue weighted by Crippen LogP contribution is -2.38. The molecule has 9 heteroatoms. The molecule has 3 aromatic heterocycles. The number of piperidine rings is 1. The highest BCUT2D eigenvalue weighted by Gasteiger charge is 2.33. The topological polar surface area (TPSA) is 72.5 Å². The van der Waals surface area contributed by atoms with Gasteiger partial charge in [0.15, 0.2) is 0 Å². The number of sulfonamides is 1. The van der Waals surface area contributed by atoms with Crippen LogP contribution in [0.4, 0.5) is 0 Å². The van der Waals surface area contributed by atoms with Gasteiger partial charge in [-0.2, -0.15) is 9.40 Å². The van der Waals surface area contributed by atoms with Crippen LogP contribution in [0, 0.1) is 20.8 Å². The van der Waals surface area contributed by atoms with Crippen LogP contribution in [0.1, 0.15) is 48.6 Å². The Hall–Kier alpha value is -1.71. The molecule has 0 unspecified atom stereocenters. The minimum absolute atomic E-state index is 0.303. The molecule has 0 bridgehead atoms. The maximum atomic E-state index is 13.1. The number of hydrogen-bond acceptors (Lipinski definition) is 5. The van der Waals surface area contributed by atoms with Gasteiger partial charge in [0.1, 0.15) is 15.6 Å². The smallest absolute Gasteiger partial charge is 0.246 e. The minimum atomic E-state index is -3.49. The van der Waals surface area contributed by atoms with E-state index in [9.17, 15) is 8.42 Å². The van der Waals surface area contributed by atoms with Crippen LogP contribution >= 0.6 is 11.3 Å². The van der Waals surface area contributed by atoms with Gasteiger partial charge in [-0.15, -0.1) is 11.3 Å². The molecule has 0 aromatic carbocycles. The van der Waals surface area contributed by atoms with E-state index >= 15 is 0 Å². The van der Waals surface area contributed by atoms with E-state index in [4.69, 9.17) is 4.98 Å². The van der Waals surface area contributed by atoms with Gasteiger partial charge in [-0.05, 0) is 40.5 Å². The first-order valence-corrected chi connectivity index (χ1v) is 11.6. The molecule has 0 saturated carbocycles. The van der Waals surface area contributed by atoms with Crippen LogP contribution in [-0.4, -0.2) is 45.0 Å². The maximum Gasteiger partial charge on any atom is 0.246 e. The van der Waals surface area contributed by atoms with Gasteiger partial charge in [0.05, 0.1) is 17.6 Å². The third-order valence-electron chi connectivity index (χ3n) is 5.54. The molecular formula is C18H25N5O2S2. The van der Waals surface area contributed by atoms with Crippen LogP contribution in [0.25, 0.3) is 4.83 Å². The molecule has 0 spiro atoms. The molecular weight excluding hydrogens is 382 g/mol. The summed E-state index contributed by atoms with van der Waals surface area (Å²) in [5, 5.41) is 6.35. The van der Waals surface area contributed by atoms with Crippen molar-refractivity contribution in [2.45, 2.75) is 57.9 Å². The Bertz CT molecular complexity index is 1080. The highest BCUT2D eigenvalue weighted by Crippen LogP contribution is 2.35. The van der Waals surface area contributed by atoms with E-state index in [2.05, 4.69) is 21.8 Å². The third-order valence-corrected chi connectivity index (χ3v) is 8.61. The zero-order chi connectivity index (χ0) is 19.3. The predicted octanol–water partition coefficient (Wildman–Crippen LogP) is 3.11. The van der Waals surface area contributed by atoms with Crippen molar-refractivity contribution in [1.29, 1.82) is 0 Å². The summed E-state index contributed by atoms with van der Waals surface area (Å²) in [5.41, 5.74) is 3.03. The van der Waals surface area contributed by atoms with Gasteiger partial charge in [0, 0.05) is 36.6 Å². The summed E-state index contributed by atoms with van der Waals surface area (Å²) in [7, 11) is -3.49. The monoisotopic (exact) mass is 407 g/mol. The lowest BCUT2D eigenvalue weighted by Gasteiger charge is -2.30. The van der Waals surface area contributed by atoms with Crippen LogP contribution in [0.2, 0.25) is 0 Å². The molecule has 7 nitrogen and oxygen atoms in total. The molecule has 146 valence electrons. The minimum Gasteiger partial charge on any atom is -0.292 e. The summed E-state index contributed by atoms with van der Waals surface area (Å²) in [4.78, 5) is 6.33. The second-order valence-electron chi connectivity index (χ2n) is 7.15. The molecule has 0 aliphatic carbocycles. The first kappa shape index (κ1) is 18.6. The molecule has 1 aliphatic rings. The lowest BCUT2D eigenvalue weighted by atomic mass is 9.95. The van der Waals surface area contributed by atoms with E-state index in [0.717, 1.165) is 24.4 Å². The summed E-state index contributed by atoms with van der Waals surface area (Å²) >= 11 is 1.72. The normalized spacial score (nSPS) is 17.2. The van der Waals surface area contributed by atoms with Crippen molar-refractivity contribution in [2.75, 3.05) is 13.1 Å². The van der Waals surface area contributed by atoms with Crippen molar-refractivity contribution >= 4 is 26.2 Å². The second-order valence-corrected chi connectivity index (χ2v) is 9.91. The number of thiazole rings is 1. The fourth-order valence-corrected chi connectivity index (χ4v) is 6.76. The third kappa shape index (κ3) is 2.92. The van der Waals surface area contributed by atoms with Crippen LogP contribution in [0.3, 0.4) is 0 Å². The molecule has 0 atom stereocenters. The highest BCUT2D eigenvalue weighted by molar-refractivity contribution is 7.89. The number of hydrogen-bond donors (Lipinski definition) is 0. The summed E-state index contributed by atoms with van der Waals surface area (Å²) in [6.45, 7) is 9.61. The van der Waals surface area contributed by atoms with Gasteiger partial charge in [0.2, 0.25) is 10.0 Å². The van der Waals surface area contributed by atoms with Gasteiger partial charge in [-0.25, -0.2) is 13.4 Å². The first-order valence-electron chi connectivity index (χ1n) is 9.30. The number of aryl methyl sites for hydroxylation is 3. The SMILES string of the molecule is CCn1ncc(S(=O)(=O)N2CCC(c3nc(C)n4c(C)csc34)CC2)c1C. The van der Waals surface area contributed by atoms with E-state index in [0.29, 0.717) is 36.1 Å². The molecule has 0 N–H and O–H groups in total. The van der Waals surface area contributed by atoms with Crippen LogP contribution in [0.15, 0.2) is 16.5 Å². The Kier molecular flexibility index (Phi) is 4.64. The average Bonchev–Trinajstić information content (AvgIpc) is 3.31. The number of imidazole rings is 1. The Morgan fingerprint density at radius 1 is 1.22 bits per heavy atom. The molecule has 0 amide bonds. The number of rotatable bonds is 4. The first-order chi connectivity index (χ1) is 12.8. The molecule has 27 heavy (non-hydrogen) atoms.